The highest BCUT2D eigenvalue weighted by molar-refractivity contribution is 6.05. The zero-order valence-electron chi connectivity index (χ0n) is 15.7. The van der Waals surface area contributed by atoms with Gasteiger partial charge in [-0.25, -0.2) is 0 Å². The highest BCUT2D eigenvalue weighted by Gasteiger charge is 2.19. The number of carbonyl (C=O) groups is 2. The van der Waals surface area contributed by atoms with Gasteiger partial charge in [0, 0.05) is 11.3 Å². The Kier molecular flexibility index (Phi) is 6.16. The molecule has 0 aromatic heterocycles. The monoisotopic (exact) mass is 354 g/mol. The maximum Gasteiger partial charge on any atom is 0.255 e. The van der Waals surface area contributed by atoms with E-state index in [2.05, 4.69) is 10.6 Å². The summed E-state index contributed by atoms with van der Waals surface area (Å²) in [5.41, 5.74) is 3.56. The van der Waals surface area contributed by atoms with E-state index in [-0.39, 0.29) is 24.8 Å². The van der Waals surface area contributed by atoms with Gasteiger partial charge in [0.25, 0.3) is 5.91 Å². The Balaban J connectivity index is 1.99. The lowest BCUT2D eigenvalue weighted by atomic mass is 10.0. The average Bonchev–Trinajstić information content (AvgIpc) is 2.56. The molecule has 5 nitrogen and oxygen atoms in total. The molecule has 26 heavy (non-hydrogen) atoms. The van der Waals surface area contributed by atoms with Crippen LogP contribution < -0.4 is 10.6 Å². The molecule has 2 aromatic rings. The molecule has 0 spiro atoms. The van der Waals surface area contributed by atoms with Crippen molar-refractivity contribution in [1.29, 1.82) is 0 Å². The van der Waals surface area contributed by atoms with E-state index < -0.39 is 5.54 Å². The van der Waals surface area contributed by atoms with E-state index in [0.29, 0.717) is 11.3 Å². The second-order valence-electron chi connectivity index (χ2n) is 7.24. The van der Waals surface area contributed by atoms with Crippen molar-refractivity contribution < 1.29 is 14.7 Å². The van der Waals surface area contributed by atoms with Crippen LogP contribution in [0.1, 0.15) is 40.9 Å². The number of hydrogen-bond acceptors (Lipinski definition) is 3. The lowest BCUT2D eigenvalue weighted by molar-refractivity contribution is -0.122. The summed E-state index contributed by atoms with van der Waals surface area (Å²) in [6, 6.07) is 12.9. The minimum Gasteiger partial charge on any atom is -0.394 e. The number of nitrogens with one attached hydrogen (secondary N) is 2. The molecule has 0 aliphatic heterocycles. The Morgan fingerprint density at radius 3 is 2.27 bits per heavy atom. The van der Waals surface area contributed by atoms with Crippen molar-refractivity contribution in [2.45, 2.75) is 39.7 Å². The van der Waals surface area contributed by atoms with Crippen LogP contribution in [0.15, 0.2) is 42.5 Å². The lowest BCUT2D eigenvalue weighted by Gasteiger charge is -2.23. The minimum atomic E-state index is -0.642. The summed E-state index contributed by atoms with van der Waals surface area (Å²) in [6.45, 7) is 7.30. The molecule has 0 bridgehead atoms. The Labute approximate surface area is 154 Å². The number of hydrogen-bond donors (Lipinski definition) is 3. The summed E-state index contributed by atoms with van der Waals surface area (Å²) in [5.74, 6) is -0.311. The molecule has 0 radical (unpaired) electrons. The fourth-order valence-corrected chi connectivity index (χ4v) is 2.62. The molecule has 0 atom stereocenters. The molecule has 2 aromatic carbocycles. The molecular weight excluding hydrogens is 328 g/mol. The number of aliphatic hydroxyl groups excluding tert-OH is 1. The van der Waals surface area contributed by atoms with Gasteiger partial charge in [-0.05, 0) is 57.0 Å². The van der Waals surface area contributed by atoms with Crippen LogP contribution in [0.5, 0.6) is 0 Å². The topological polar surface area (TPSA) is 78.4 Å². The van der Waals surface area contributed by atoms with Crippen molar-refractivity contribution in [2.75, 3.05) is 11.9 Å². The first kappa shape index (κ1) is 19.7. The summed E-state index contributed by atoms with van der Waals surface area (Å²) >= 11 is 0. The highest BCUT2D eigenvalue weighted by Crippen LogP contribution is 2.15. The van der Waals surface area contributed by atoms with E-state index in [1.54, 1.807) is 26.0 Å². The number of amides is 2. The number of carbonyl (C=O) groups excluding carboxylic acids is 2. The lowest BCUT2D eigenvalue weighted by Crippen LogP contribution is -2.46. The molecule has 138 valence electrons. The van der Waals surface area contributed by atoms with Crippen LogP contribution in [0.2, 0.25) is 0 Å². The summed E-state index contributed by atoms with van der Waals surface area (Å²) in [5, 5.41) is 14.9. The van der Waals surface area contributed by atoms with Crippen LogP contribution in [0.25, 0.3) is 0 Å². The van der Waals surface area contributed by atoms with Crippen LogP contribution >= 0.6 is 0 Å². The smallest absolute Gasteiger partial charge is 0.255 e. The molecular formula is C21H26N2O3. The molecule has 0 aliphatic rings. The van der Waals surface area contributed by atoms with Crippen molar-refractivity contribution in [1.82, 2.24) is 5.32 Å². The van der Waals surface area contributed by atoms with Gasteiger partial charge in [0.05, 0.1) is 18.6 Å². The minimum absolute atomic E-state index is 0.123. The van der Waals surface area contributed by atoms with Gasteiger partial charge in [0.2, 0.25) is 5.91 Å². The maximum absolute atomic E-state index is 12.4. The van der Waals surface area contributed by atoms with Crippen LogP contribution in [0.4, 0.5) is 5.69 Å². The van der Waals surface area contributed by atoms with Crippen LogP contribution in [-0.2, 0) is 11.2 Å². The first-order chi connectivity index (χ1) is 12.2. The standard InChI is InChI=1S/C21H26N2O3/c1-14-5-10-18(15(2)11-14)20(26)22-17-8-6-16(7-9-17)12-19(25)23-21(3,4)13-24/h5-11,24H,12-13H2,1-4H3,(H,22,26)(H,23,25). The van der Waals surface area contributed by atoms with Gasteiger partial charge in [-0.2, -0.15) is 0 Å². The Morgan fingerprint density at radius 1 is 1.04 bits per heavy atom. The summed E-state index contributed by atoms with van der Waals surface area (Å²) < 4.78 is 0. The van der Waals surface area contributed by atoms with Crippen molar-refractivity contribution >= 4 is 17.5 Å². The maximum atomic E-state index is 12.4. The molecule has 2 rings (SSSR count). The van der Waals surface area contributed by atoms with Crippen LogP contribution in [-0.4, -0.2) is 29.1 Å². The first-order valence-electron chi connectivity index (χ1n) is 8.59. The van der Waals surface area contributed by atoms with E-state index in [1.165, 1.54) is 0 Å². The summed E-state index contributed by atoms with van der Waals surface area (Å²) in [6.07, 6.45) is 0.217. The molecule has 0 unspecified atom stereocenters. The number of anilines is 1. The third-order valence-electron chi connectivity index (χ3n) is 4.08. The second kappa shape index (κ2) is 8.15. The van der Waals surface area contributed by atoms with Gasteiger partial charge in [0.1, 0.15) is 0 Å². The molecule has 2 amide bonds. The highest BCUT2D eigenvalue weighted by atomic mass is 16.3. The van der Waals surface area contributed by atoms with Crippen LogP contribution in [0.3, 0.4) is 0 Å². The number of aryl methyl sites for hydroxylation is 2. The average molecular weight is 354 g/mol. The molecule has 0 heterocycles. The van der Waals surface area contributed by atoms with E-state index >= 15 is 0 Å². The van der Waals surface area contributed by atoms with Gasteiger partial charge in [-0.3, -0.25) is 9.59 Å². The van der Waals surface area contributed by atoms with Crippen molar-refractivity contribution in [3.63, 3.8) is 0 Å². The normalized spacial score (nSPS) is 11.1. The molecule has 5 heteroatoms. The Hall–Kier alpha value is -2.66. The largest absolute Gasteiger partial charge is 0.394 e. The molecule has 3 N–H and O–H groups in total. The fraction of sp³-hybridized carbons (Fsp3) is 0.333. The fourth-order valence-electron chi connectivity index (χ4n) is 2.62. The summed E-state index contributed by atoms with van der Waals surface area (Å²) in [7, 11) is 0. The Bertz CT molecular complexity index is 795. The molecule has 0 saturated heterocycles. The van der Waals surface area contributed by atoms with Crippen molar-refractivity contribution in [3.8, 4) is 0 Å². The number of aliphatic hydroxyl groups is 1. The molecule has 0 aliphatic carbocycles. The second-order valence-corrected chi connectivity index (χ2v) is 7.24. The first-order valence-corrected chi connectivity index (χ1v) is 8.59. The van der Waals surface area contributed by atoms with Crippen molar-refractivity contribution in [2.24, 2.45) is 0 Å². The van der Waals surface area contributed by atoms with Crippen LogP contribution in [0, 0.1) is 13.8 Å². The number of rotatable bonds is 6. The van der Waals surface area contributed by atoms with E-state index in [0.717, 1.165) is 16.7 Å². The zero-order valence-corrected chi connectivity index (χ0v) is 15.7. The Morgan fingerprint density at radius 2 is 1.69 bits per heavy atom. The van der Waals surface area contributed by atoms with Gasteiger partial charge < -0.3 is 15.7 Å². The van der Waals surface area contributed by atoms with E-state index in [4.69, 9.17) is 0 Å². The molecule has 0 fully saturated rings. The molecule has 0 saturated carbocycles. The number of benzene rings is 2. The third kappa shape index (κ3) is 5.43. The van der Waals surface area contributed by atoms with E-state index in [9.17, 15) is 14.7 Å². The van der Waals surface area contributed by atoms with Gasteiger partial charge in [-0.1, -0.05) is 29.8 Å². The van der Waals surface area contributed by atoms with Crippen molar-refractivity contribution in [3.05, 3.63) is 64.7 Å². The van der Waals surface area contributed by atoms with E-state index in [1.807, 2.05) is 44.2 Å². The van der Waals surface area contributed by atoms with Gasteiger partial charge in [0.15, 0.2) is 0 Å². The third-order valence-corrected chi connectivity index (χ3v) is 4.08. The SMILES string of the molecule is Cc1ccc(C(=O)Nc2ccc(CC(=O)NC(C)(C)CO)cc2)c(C)c1. The van der Waals surface area contributed by atoms with Gasteiger partial charge in [-0.15, -0.1) is 0 Å². The quantitative estimate of drug-likeness (QED) is 0.746. The zero-order chi connectivity index (χ0) is 19.3. The predicted octanol–water partition coefficient (Wildman–Crippen LogP) is 2.99. The summed E-state index contributed by atoms with van der Waals surface area (Å²) in [4.78, 5) is 24.4. The van der Waals surface area contributed by atoms with Gasteiger partial charge >= 0.3 is 0 Å². The predicted molar refractivity (Wildman–Crippen MR) is 103 cm³/mol.